The molecule has 1 fully saturated rings. The Kier molecular flexibility index (Phi) is 4.92. The van der Waals surface area contributed by atoms with Gasteiger partial charge in [-0.2, -0.15) is 0 Å². The molecule has 2 heterocycles. The Labute approximate surface area is 161 Å². The normalized spacial score (nSPS) is 17.0. The first kappa shape index (κ1) is 18.3. The molecule has 0 radical (unpaired) electrons. The van der Waals surface area contributed by atoms with Gasteiger partial charge in [-0.05, 0) is 49.4 Å². The molecule has 1 saturated heterocycles. The summed E-state index contributed by atoms with van der Waals surface area (Å²) in [4.78, 5) is 23.6. The lowest BCUT2D eigenvalue weighted by Crippen LogP contribution is -2.44. The number of hydrogen-bond acceptors (Lipinski definition) is 6. The van der Waals surface area contributed by atoms with Crippen LogP contribution >= 0.6 is 0 Å². The van der Waals surface area contributed by atoms with E-state index >= 15 is 0 Å². The van der Waals surface area contributed by atoms with Gasteiger partial charge in [0.25, 0.3) is 0 Å². The third-order valence-corrected chi connectivity index (χ3v) is 4.82. The highest BCUT2D eigenvalue weighted by molar-refractivity contribution is 5.94. The van der Waals surface area contributed by atoms with Gasteiger partial charge in [-0.1, -0.05) is 0 Å². The van der Waals surface area contributed by atoms with Crippen LogP contribution in [0.5, 0.6) is 0 Å². The topological polar surface area (TPSA) is 64.5 Å². The number of anilines is 1. The van der Waals surface area contributed by atoms with Gasteiger partial charge in [0.05, 0.1) is 43.0 Å². The van der Waals surface area contributed by atoms with Gasteiger partial charge >= 0.3 is 5.97 Å². The van der Waals surface area contributed by atoms with Gasteiger partial charge in [0.1, 0.15) is 11.5 Å². The fourth-order valence-electron chi connectivity index (χ4n) is 3.33. The molecule has 4 rings (SSSR count). The second-order valence-corrected chi connectivity index (χ2v) is 6.72. The molecular formula is C21H20FN3O3. The van der Waals surface area contributed by atoms with Crippen molar-refractivity contribution in [3.05, 3.63) is 53.8 Å². The molecule has 2 aromatic carbocycles. The second kappa shape index (κ2) is 7.52. The van der Waals surface area contributed by atoms with Crippen LogP contribution in [0.3, 0.4) is 0 Å². The highest BCUT2D eigenvalue weighted by Crippen LogP contribution is 2.32. The van der Waals surface area contributed by atoms with E-state index in [1.54, 1.807) is 30.3 Å². The van der Waals surface area contributed by atoms with Crippen molar-refractivity contribution in [3.63, 3.8) is 0 Å². The fraction of sp³-hybridized carbons (Fsp3) is 0.286. The Morgan fingerprint density at radius 1 is 1.18 bits per heavy atom. The van der Waals surface area contributed by atoms with Crippen molar-refractivity contribution in [2.45, 2.75) is 13.0 Å². The number of carbonyl (C=O) groups is 1. The van der Waals surface area contributed by atoms with E-state index in [1.807, 2.05) is 0 Å². The van der Waals surface area contributed by atoms with Crippen molar-refractivity contribution >= 4 is 22.8 Å². The molecule has 0 spiro atoms. The molecule has 6 nitrogen and oxygen atoms in total. The largest absolute Gasteiger partial charge is 0.465 e. The number of rotatable bonds is 3. The molecule has 0 aliphatic carbocycles. The van der Waals surface area contributed by atoms with Crippen LogP contribution in [0, 0.1) is 5.82 Å². The first-order chi connectivity index (χ1) is 13.6. The quantitative estimate of drug-likeness (QED) is 0.648. The SMILES string of the molecule is COC(=O)c1ccc2nc(-c3ccc(F)cc3)c(N3CCOC[C@@H]3C)nc2c1. The molecule has 1 aromatic heterocycles. The first-order valence-corrected chi connectivity index (χ1v) is 9.07. The minimum atomic E-state index is -0.424. The molecule has 0 bridgehead atoms. The maximum atomic E-state index is 13.4. The van der Waals surface area contributed by atoms with Crippen molar-refractivity contribution in [1.82, 2.24) is 9.97 Å². The van der Waals surface area contributed by atoms with E-state index in [-0.39, 0.29) is 11.9 Å². The summed E-state index contributed by atoms with van der Waals surface area (Å²) >= 11 is 0. The summed E-state index contributed by atoms with van der Waals surface area (Å²) in [7, 11) is 1.34. The lowest BCUT2D eigenvalue weighted by molar-refractivity contribution is 0.0601. The molecule has 0 saturated carbocycles. The van der Waals surface area contributed by atoms with E-state index in [2.05, 4.69) is 11.8 Å². The Balaban J connectivity index is 1.90. The van der Waals surface area contributed by atoms with Crippen molar-refractivity contribution < 1.29 is 18.7 Å². The molecule has 3 aromatic rings. The first-order valence-electron chi connectivity index (χ1n) is 9.07. The number of benzene rings is 2. The number of nitrogens with zero attached hydrogens (tertiary/aromatic N) is 3. The number of fused-ring (bicyclic) bond motifs is 1. The maximum absolute atomic E-state index is 13.4. The lowest BCUT2D eigenvalue weighted by atomic mass is 10.1. The number of aromatic nitrogens is 2. The van der Waals surface area contributed by atoms with Crippen molar-refractivity contribution in [3.8, 4) is 11.3 Å². The van der Waals surface area contributed by atoms with Crippen LogP contribution in [-0.2, 0) is 9.47 Å². The third kappa shape index (κ3) is 3.41. The average Bonchev–Trinajstić information content (AvgIpc) is 2.73. The van der Waals surface area contributed by atoms with Gasteiger partial charge in [-0.3, -0.25) is 0 Å². The third-order valence-electron chi connectivity index (χ3n) is 4.82. The predicted molar refractivity (Wildman–Crippen MR) is 104 cm³/mol. The van der Waals surface area contributed by atoms with Crippen LogP contribution in [-0.4, -0.2) is 48.8 Å². The smallest absolute Gasteiger partial charge is 0.337 e. The van der Waals surface area contributed by atoms with E-state index in [1.165, 1.54) is 19.2 Å². The number of methoxy groups -OCH3 is 1. The Hall–Kier alpha value is -3.06. The van der Waals surface area contributed by atoms with Gasteiger partial charge in [-0.25, -0.2) is 19.2 Å². The molecule has 0 amide bonds. The highest BCUT2D eigenvalue weighted by atomic mass is 19.1. The van der Waals surface area contributed by atoms with Gasteiger partial charge in [0.2, 0.25) is 0 Å². The number of esters is 1. The molecular weight excluding hydrogens is 361 g/mol. The van der Waals surface area contributed by atoms with Crippen LogP contribution in [0.2, 0.25) is 0 Å². The number of morpholine rings is 1. The van der Waals surface area contributed by atoms with E-state index in [0.29, 0.717) is 47.9 Å². The van der Waals surface area contributed by atoms with Crippen molar-refractivity contribution in [2.24, 2.45) is 0 Å². The van der Waals surface area contributed by atoms with Gasteiger partial charge < -0.3 is 14.4 Å². The Bertz CT molecular complexity index is 1020. The van der Waals surface area contributed by atoms with Crippen molar-refractivity contribution in [1.29, 1.82) is 0 Å². The van der Waals surface area contributed by atoms with E-state index < -0.39 is 5.97 Å². The zero-order valence-electron chi connectivity index (χ0n) is 15.7. The second-order valence-electron chi connectivity index (χ2n) is 6.72. The summed E-state index contributed by atoms with van der Waals surface area (Å²) < 4.78 is 23.8. The monoisotopic (exact) mass is 381 g/mol. The fourth-order valence-corrected chi connectivity index (χ4v) is 3.33. The minimum Gasteiger partial charge on any atom is -0.465 e. The molecule has 0 N–H and O–H groups in total. The van der Waals surface area contributed by atoms with Crippen molar-refractivity contribution in [2.75, 3.05) is 31.8 Å². The predicted octanol–water partition coefficient (Wildman–Crippen LogP) is 3.45. The summed E-state index contributed by atoms with van der Waals surface area (Å²) in [5, 5.41) is 0. The lowest BCUT2D eigenvalue weighted by Gasteiger charge is -2.35. The summed E-state index contributed by atoms with van der Waals surface area (Å²) in [6, 6.07) is 11.4. The van der Waals surface area contributed by atoms with Gasteiger partial charge in [-0.15, -0.1) is 0 Å². The number of carbonyl (C=O) groups excluding carboxylic acids is 1. The number of ether oxygens (including phenoxy) is 2. The van der Waals surface area contributed by atoms with Crippen LogP contribution in [0.1, 0.15) is 17.3 Å². The standard InChI is InChI=1S/C21H20FN3O3/c1-13-12-28-10-9-25(13)20-19(14-3-6-16(22)7-4-14)23-17-8-5-15(21(26)27-2)11-18(17)24-20/h3-8,11,13H,9-10,12H2,1-2H3/t13-/m0/s1. The zero-order valence-corrected chi connectivity index (χ0v) is 15.7. The molecule has 0 unspecified atom stereocenters. The Morgan fingerprint density at radius 3 is 2.68 bits per heavy atom. The molecule has 1 aliphatic rings. The van der Waals surface area contributed by atoms with E-state index in [4.69, 9.17) is 19.4 Å². The molecule has 1 aliphatic heterocycles. The summed E-state index contributed by atoms with van der Waals surface area (Å²) in [6.45, 7) is 3.91. The Morgan fingerprint density at radius 2 is 1.96 bits per heavy atom. The van der Waals surface area contributed by atoms with Crippen LogP contribution in [0.4, 0.5) is 10.2 Å². The number of halogens is 1. The minimum absolute atomic E-state index is 0.114. The molecule has 1 atom stereocenters. The van der Waals surface area contributed by atoms with E-state index in [0.717, 1.165) is 5.56 Å². The molecule has 28 heavy (non-hydrogen) atoms. The van der Waals surface area contributed by atoms with Crippen LogP contribution in [0.15, 0.2) is 42.5 Å². The van der Waals surface area contributed by atoms with Crippen LogP contribution < -0.4 is 4.90 Å². The average molecular weight is 381 g/mol. The van der Waals surface area contributed by atoms with E-state index in [9.17, 15) is 9.18 Å². The number of hydrogen-bond donors (Lipinski definition) is 0. The summed E-state index contributed by atoms with van der Waals surface area (Å²) in [5.41, 5.74) is 3.12. The van der Waals surface area contributed by atoms with Crippen LogP contribution in [0.25, 0.3) is 22.3 Å². The maximum Gasteiger partial charge on any atom is 0.337 e. The molecule has 144 valence electrons. The summed E-state index contributed by atoms with van der Waals surface area (Å²) in [5.74, 6) is -0.0361. The van der Waals surface area contributed by atoms with Gasteiger partial charge in [0, 0.05) is 12.1 Å². The summed E-state index contributed by atoms with van der Waals surface area (Å²) in [6.07, 6.45) is 0. The highest BCUT2D eigenvalue weighted by Gasteiger charge is 2.25. The van der Waals surface area contributed by atoms with Gasteiger partial charge in [0.15, 0.2) is 5.82 Å². The zero-order chi connectivity index (χ0) is 19.7. The molecule has 7 heteroatoms.